The molecule has 2 aliphatic rings. The van der Waals surface area contributed by atoms with Crippen LogP contribution in [-0.2, 0) is 4.79 Å². The molecular formula is C22H22FN3O2. The highest BCUT2D eigenvalue weighted by Crippen LogP contribution is 2.49. The molecule has 1 aromatic heterocycles. The summed E-state index contributed by atoms with van der Waals surface area (Å²) in [6.45, 7) is 1.27. The van der Waals surface area contributed by atoms with Gasteiger partial charge in [0.25, 0.3) is 0 Å². The Morgan fingerprint density at radius 1 is 1.04 bits per heavy atom. The number of imidazole rings is 1. The van der Waals surface area contributed by atoms with Crippen LogP contribution in [0.25, 0.3) is 11.0 Å². The molecule has 1 saturated carbocycles. The Hall–Kier alpha value is -2.89. The minimum atomic E-state index is -0.222. The number of H-pyrrole nitrogens is 1. The molecule has 0 radical (unpaired) electrons. The van der Waals surface area contributed by atoms with Gasteiger partial charge in [0.2, 0.25) is 5.91 Å². The summed E-state index contributed by atoms with van der Waals surface area (Å²) in [7, 11) is 0. The van der Waals surface area contributed by atoms with Gasteiger partial charge in [-0.3, -0.25) is 9.36 Å². The summed E-state index contributed by atoms with van der Waals surface area (Å²) in [6.07, 6.45) is 2.23. The van der Waals surface area contributed by atoms with Gasteiger partial charge < -0.3 is 9.88 Å². The molecule has 1 N–H and O–H groups in total. The van der Waals surface area contributed by atoms with Gasteiger partial charge in [0.05, 0.1) is 11.0 Å². The average molecular weight is 379 g/mol. The highest BCUT2D eigenvalue weighted by atomic mass is 19.1. The van der Waals surface area contributed by atoms with Crippen LogP contribution >= 0.6 is 0 Å². The van der Waals surface area contributed by atoms with Crippen LogP contribution in [0.5, 0.6) is 0 Å². The number of halogens is 1. The van der Waals surface area contributed by atoms with E-state index >= 15 is 0 Å². The van der Waals surface area contributed by atoms with E-state index in [0.717, 1.165) is 30.3 Å². The van der Waals surface area contributed by atoms with Crippen molar-refractivity contribution >= 4 is 16.9 Å². The lowest BCUT2D eigenvalue weighted by atomic mass is 10.0. The lowest BCUT2D eigenvalue weighted by Gasteiger charge is -2.32. The predicted molar refractivity (Wildman–Crippen MR) is 105 cm³/mol. The molecule has 2 aromatic carbocycles. The zero-order chi connectivity index (χ0) is 19.3. The van der Waals surface area contributed by atoms with Crippen molar-refractivity contribution in [2.75, 3.05) is 13.1 Å². The maximum absolute atomic E-state index is 14.0. The number of aromatic nitrogens is 2. The molecule has 1 amide bonds. The molecule has 144 valence electrons. The number of nitrogens with one attached hydrogen (secondary N) is 1. The first kappa shape index (κ1) is 17.2. The van der Waals surface area contributed by atoms with E-state index in [1.807, 2.05) is 39.8 Å². The maximum atomic E-state index is 14.0. The number of carbonyl (C=O) groups is 1. The molecule has 1 aliphatic carbocycles. The van der Waals surface area contributed by atoms with Crippen molar-refractivity contribution in [3.63, 3.8) is 0 Å². The largest absolute Gasteiger partial charge is 0.342 e. The van der Waals surface area contributed by atoms with Gasteiger partial charge in [-0.2, -0.15) is 0 Å². The highest BCUT2D eigenvalue weighted by molar-refractivity contribution is 5.83. The van der Waals surface area contributed by atoms with Crippen molar-refractivity contribution in [1.82, 2.24) is 14.5 Å². The number of hydrogen-bond donors (Lipinski definition) is 1. The monoisotopic (exact) mass is 379 g/mol. The van der Waals surface area contributed by atoms with Gasteiger partial charge in [0, 0.05) is 25.0 Å². The van der Waals surface area contributed by atoms with E-state index < -0.39 is 0 Å². The molecule has 2 fully saturated rings. The molecule has 2 heterocycles. The third-order valence-electron chi connectivity index (χ3n) is 6.18. The van der Waals surface area contributed by atoms with E-state index in [2.05, 4.69) is 4.98 Å². The van der Waals surface area contributed by atoms with Crippen LogP contribution in [0.2, 0.25) is 0 Å². The van der Waals surface area contributed by atoms with E-state index in [1.54, 1.807) is 12.1 Å². The van der Waals surface area contributed by atoms with E-state index in [1.165, 1.54) is 6.07 Å². The molecule has 5 nitrogen and oxygen atoms in total. The fourth-order valence-electron chi connectivity index (χ4n) is 4.60. The summed E-state index contributed by atoms with van der Waals surface area (Å²) in [6, 6.07) is 14.5. The lowest BCUT2D eigenvalue weighted by molar-refractivity contribution is -0.134. The van der Waals surface area contributed by atoms with Gasteiger partial charge in [-0.05, 0) is 48.9 Å². The molecule has 0 spiro atoms. The van der Waals surface area contributed by atoms with Gasteiger partial charge in [-0.15, -0.1) is 0 Å². The summed E-state index contributed by atoms with van der Waals surface area (Å²) < 4.78 is 15.8. The van der Waals surface area contributed by atoms with Gasteiger partial charge in [-0.1, -0.05) is 30.3 Å². The van der Waals surface area contributed by atoms with Crippen molar-refractivity contribution in [1.29, 1.82) is 0 Å². The van der Waals surface area contributed by atoms with Crippen LogP contribution in [0.1, 0.15) is 36.8 Å². The number of rotatable bonds is 3. The highest BCUT2D eigenvalue weighted by Gasteiger charge is 2.47. The predicted octanol–water partition coefficient (Wildman–Crippen LogP) is 3.44. The molecule has 1 aliphatic heterocycles. The number of aromatic amines is 1. The third kappa shape index (κ3) is 2.84. The minimum Gasteiger partial charge on any atom is -0.342 e. The number of carbonyl (C=O) groups excluding carboxylic acids is 1. The lowest BCUT2D eigenvalue weighted by Crippen LogP contribution is -2.41. The maximum Gasteiger partial charge on any atom is 0.326 e. The fraction of sp³-hybridized carbons (Fsp3) is 0.364. The molecule has 5 rings (SSSR count). The van der Waals surface area contributed by atoms with Gasteiger partial charge in [-0.25, -0.2) is 9.18 Å². The summed E-state index contributed by atoms with van der Waals surface area (Å²) in [4.78, 5) is 30.0. The number of benzene rings is 2. The van der Waals surface area contributed by atoms with Crippen molar-refractivity contribution < 1.29 is 9.18 Å². The van der Waals surface area contributed by atoms with Crippen LogP contribution < -0.4 is 5.69 Å². The van der Waals surface area contributed by atoms with Crippen LogP contribution in [-0.4, -0.2) is 33.4 Å². The first-order valence-electron chi connectivity index (χ1n) is 9.86. The molecule has 0 unspecified atom stereocenters. The Labute approximate surface area is 161 Å². The number of nitrogens with zero attached hydrogens (tertiary/aromatic N) is 2. The Bertz CT molecular complexity index is 1090. The second-order valence-corrected chi connectivity index (χ2v) is 7.84. The summed E-state index contributed by atoms with van der Waals surface area (Å²) >= 11 is 0. The Morgan fingerprint density at radius 3 is 2.54 bits per heavy atom. The Morgan fingerprint density at radius 2 is 1.75 bits per heavy atom. The number of likely N-dealkylation sites (tertiary alicyclic amines) is 1. The molecule has 1 saturated heterocycles. The number of para-hydroxylation sites is 2. The number of fused-ring (bicyclic) bond motifs is 1. The first-order valence-corrected chi connectivity index (χ1v) is 9.86. The summed E-state index contributed by atoms with van der Waals surface area (Å²) in [5.74, 6) is -0.204. The number of hydrogen-bond acceptors (Lipinski definition) is 2. The second kappa shape index (κ2) is 6.62. The van der Waals surface area contributed by atoms with Crippen LogP contribution in [0, 0.1) is 11.7 Å². The Balaban J connectivity index is 1.26. The SMILES string of the molecule is O=C([C@@H]1C[C@H]1c1ccccc1F)N1CCC(n2c(=O)[nH]c3ccccc32)CC1. The number of piperidine rings is 1. The smallest absolute Gasteiger partial charge is 0.326 e. The van der Waals surface area contributed by atoms with E-state index in [-0.39, 0.29) is 35.3 Å². The summed E-state index contributed by atoms with van der Waals surface area (Å²) in [5.41, 5.74) is 2.32. The first-order chi connectivity index (χ1) is 13.6. The zero-order valence-electron chi connectivity index (χ0n) is 15.5. The van der Waals surface area contributed by atoms with Crippen molar-refractivity contribution in [3.05, 3.63) is 70.4 Å². The topological polar surface area (TPSA) is 58.1 Å². The molecule has 2 atom stereocenters. The normalized spacial score (nSPS) is 22.5. The standard InChI is InChI=1S/C22H22FN3O2/c23-18-6-2-1-5-15(18)16-13-17(16)21(27)25-11-9-14(10-12-25)26-20-8-4-3-7-19(20)24-22(26)28/h1-8,14,16-17H,9-13H2,(H,24,28)/t16-,17+/m0/s1. The average Bonchev–Trinajstić information content (AvgIpc) is 3.43. The van der Waals surface area contributed by atoms with Gasteiger partial charge >= 0.3 is 5.69 Å². The van der Waals surface area contributed by atoms with Crippen LogP contribution in [0.4, 0.5) is 4.39 Å². The van der Waals surface area contributed by atoms with Crippen molar-refractivity contribution in [2.24, 2.45) is 5.92 Å². The molecule has 0 bridgehead atoms. The van der Waals surface area contributed by atoms with Gasteiger partial charge in [0.1, 0.15) is 5.82 Å². The van der Waals surface area contributed by atoms with Crippen LogP contribution in [0.15, 0.2) is 53.3 Å². The van der Waals surface area contributed by atoms with Crippen molar-refractivity contribution in [3.8, 4) is 0 Å². The third-order valence-corrected chi connectivity index (χ3v) is 6.18. The zero-order valence-corrected chi connectivity index (χ0v) is 15.5. The molecular weight excluding hydrogens is 357 g/mol. The van der Waals surface area contributed by atoms with Crippen molar-refractivity contribution in [2.45, 2.75) is 31.2 Å². The quantitative estimate of drug-likeness (QED) is 0.758. The summed E-state index contributed by atoms with van der Waals surface area (Å²) in [5, 5.41) is 0. The molecule has 28 heavy (non-hydrogen) atoms. The van der Waals surface area contributed by atoms with E-state index in [4.69, 9.17) is 0 Å². The number of amides is 1. The van der Waals surface area contributed by atoms with Gasteiger partial charge in [0.15, 0.2) is 0 Å². The Kier molecular flexibility index (Phi) is 4.07. The van der Waals surface area contributed by atoms with E-state index in [0.29, 0.717) is 18.7 Å². The molecule has 6 heteroatoms. The van der Waals surface area contributed by atoms with Crippen LogP contribution in [0.3, 0.4) is 0 Å². The fourth-order valence-corrected chi connectivity index (χ4v) is 4.60. The second-order valence-electron chi connectivity index (χ2n) is 7.84. The minimum absolute atomic E-state index is 0.00246. The molecule has 3 aromatic rings. The van der Waals surface area contributed by atoms with E-state index in [9.17, 15) is 14.0 Å².